The molecular formula is C8H11F2NO4. The van der Waals surface area contributed by atoms with Gasteiger partial charge >= 0.3 is 11.9 Å². The van der Waals surface area contributed by atoms with E-state index in [0.717, 1.165) is 0 Å². The molecule has 0 aromatic heterocycles. The molecule has 7 heteroatoms. The van der Waals surface area contributed by atoms with E-state index in [1.165, 1.54) is 4.90 Å². The summed E-state index contributed by atoms with van der Waals surface area (Å²) in [6.45, 7) is -0.335. The predicted molar refractivity (Wildman–Crippen MR) is 44.4 cm³/mol. The summed E-state index contributed by atoms with van der Waals surface area (Å²) in [5.41, 5.74) is 0. The van der Waals surface area contributed by atoms with Crippen LogP contribution in [0.5, 0.6) is 0 Å². The number of cyclic esters (lactones) is 2. The van der Waals surface area contributed by atoms with Crippen LogP contribution in [0.25, 0.3) is 0 Å². The third-order valence-electron chi connectivity index (χ3n) is 1.73. The third-order valence-corrected chi connectivity index (χ3v) is 1.73. The van der Waals surface area contributed by atoms with Gasteiger partial charge in [0.25, 0.3) is 6.43 Å². The monoisotopic (exact) mass is 223 g/mol. The van der Waals surface area contributed by atoms with E-state index in [4.69, 9.17) is 0 Å². The molecule has 1 heterocycles. The van der Waals surface area contributed by atoms with Crippen molar-refractivity contribution in [1.82, 2.24) is 4.90 Å². The third kappa shape index (κ3) is 4.80. The standard InChI is InChI=1S/C8H11F2NO4/c9-6(10)5-14-2-1-11-3-7(12)15-8(13)4-11/h6H,1-5H2. The number of ether oxygens (including phenoxy) is 2. The molecule has 5 nitrogen and oxygen atoms in total. The van der Waals surface area contributed by atoms with Crippen molar-refractivity contribution in [3.8, 4) is 0 Å². The topological polar surface area (TPSA) is 55.8 Å². The van der Waals surface area contributed by atoms with Crippen LogP contribution in [0.15, 0.2) is 0 Å². The fraction of sp³-hybridized carbons (Fsp3) is 0.750. The average Bonchev–Trinajstić information content (AvgIpc) is 2.10. The minimum atomic E-state index is -2.50. The number of halogens is 2. The Labute approximate surface area is 84.9 Å². The number of hydrogen-bond donors (Lipinski definition) is 0. The van der Waals surface area contributed by atoms with Crippen LogP contribution >= 0.6 is 0 Å². The first-order chi connectivity index (χ1) is 7.08. The van der Waals surface area contributed by atoms with Crippen LogP contribution in [0.4, 0.5) is 8.78 Å². The van der Waals surface area contributed by atoms with Crippen molar-refractivity contribution >= 4 is 11.9 Å². The van der Waals surface area contributed by atoms with Crippen LogP contribution in [0.1, 0.15) is 0 Å². The van der Waals surface area contributed by atoms with Gasteiger partial charge in [-0.2, -0.15) is 0 Å². The second-order valence-electron chi connectivity index (χ2n) is 3.02. The van der Waals surface area contributed by atoms with E-state index in [2.05, 4.69) is 9.47 Å². The highest BCUT2D eigenvalue weighted by atomic mass is 19.3. The number of morpholine rings is 1. The molecule has 1 saturated heterocycles. The van der Waals surface area contributed by atoms with Gasteiger partial charge in [-0.15, -0.1) is 0 Å². The van der Waals surface area contributed by atoms with Crippen molar-refractivity contribution in [2.75, 3.05) is 32.8 Å². The minimum absolute atomic E-state index is 0.0101. The molecule has 0 aromatic carbocycles. The Balaban J connectivity index is 2.15. The molecular weight excluding hydrogens is 212 g/mol. The molecule has 0 amide bonds. The number of esters is 2. The molecule has 1 rings (SSSR count). The molecule has 86 valence electrons. The normalized spacial score (nSPS) is 18.3. The van der Waals surface area contributed by atoms with Gasteiger partial charge in [0.15, 0.2) is 0 Å². The second kappa shape index (κ2) is 5.72. The summed E-state index contributed by atoms with van der Waals surface area (Å²) in [5.74, 6) is -1.25. The molecule has 1 aliphatic heterocycles. The first-order valence-electron chi connectivity index (χ1n) is 4.39. The van der Waals surface area contributed by atoms with Crippen LogP contribution < -0.4 is 0 Å². The zero-order chi connectivity index (χ0) is 11.3. The van der Waals surface area contributed by atoms with Gasteiger partial charge in [0.05, 0.1) is 19.7 Å². The number of carbonyl (C=O) groups is 2. The quantitative estimate of drug-likeness (QED) is 0.362. The van der Waals surface area contributed by atoms with Crippen molar-refractivity contribution in [3.05, 3.63) is 0 Å². The molecule has 0 aromatic rings. The Kier molecular flexibility index (Phi) is 4.57. The molecule has 0 N–H and O–H groups in total. The highest BCUT2D eigenvalue weighted by molar-refractivity contribution is 5.90. The zero-order valence-corrected chi connectivity index (χ0v) is 7.95. The lowest BCUT2D eigenvalue weighted by Gasteiger charge is -2.23. The molecule has 1 fully saturated rings. The fourth-order valence-electron chi connectivity index (χ4n) is 1.14. The Morgan fingerprint density at radius 3 is 2.47 bits per heavy atom. The van der Waals surface area contributed by atoms with Gasteiger partial charge in [0.2, 0.25) is 0 Å². The summed E-state index contributed by atoms with van der Waals surface area (Å²) in [7, 11) is 0. The van der Waals surface area contributed by atoms with Gasteiger partial charge < -0.3 is 9.47 Å². The van der Waals surface area contributed by atoms with E-state index < -0.39 is 25.0 Å². The highest BCUT2D eigenvalue weighted by Gasteiger charge is 2.24. The molecule has 0 bridgehead atoms. The van der Waals surface area contributed by atoms with Crippen LogP contribution in [0.3, 0.4) is 0 Å². The summed E-state index contributed by atoms with van der Waals surface area (Å²) in [4.78, 5) is 23.0. The van der Waals surface area contributed by atoms with Crippen molar-refractivity contribution in [1.29, 1.82) is 0 Å². The van der Waals surface area contributed by atoms with Crippen molar-refractivity contribution in [2.24, 2.45) is 0 Å². The Bertz CT molecular complexity index is 231. The van der Waals surface area contributed by atoms with Crippen molar-refractivity contribution < 1.29 is 27.8 Å². The fourth-order valence-corrected chi connectivity index (χ4v) is 1.14. The SMILES string of the molecule is O=C1CN(CCOCC(F)F)CC(=O)O1. The van der Waals surface area contributed by atoms with E-state index in [-0.39, 0.29) is 26.2 Å². The largest absolute Gasteiger partial charge is 0.391 e. The molecule has 1 aliphatic rings. The lowest BCUT2D eigenvalue weighted by atomic mass is 10.4. The van der Waals surface area contributed by atoms with E-state index in [9.17, 15) is 18.4 Å². The van der Waals surface area contributed by atoms with Gasteiger partial charge in [0.1, 0.15) is 6.61 Å². The van der Waals surface area contributed by atoms with Crippen LogP contribution in [-0.2, 0) is 19.1 Å². The summed E-state index contributed by atoms with van der Waals surface area (Å²) in [6.07, 6.45) is -2.50. The molecule has 0 atom stereocenters. The predicted octanol–water partition coefficient (Wildman–Crippen LogP) is -0.347. The molecule has 0 saturated carbocycles. The lowest BCUT2D eigenvalue weighted by molar-refractivity contribution is -0.167. The number of alkyl halides is 2. The maximum Gasteiger partial charge on any atom is 0.327 e. The van der Waals surface area contributed by atoms with E-state index >= 15 is 0 Å². The van der Waals surface area contributed by atoms with Gasteiger partial charge in [-0.3, -0.25) is 14.5 Å². The minimum Gasteiger partial charge on any atom is -0.391 e. The second-order valence-corrected chi connectivity index (χ2v) is 3.02. The maximum absolute atomic E-state index is 11.7. The van der Waals surface area contributed by atoms with Gasteiger partial charge in [-0.25, -0.2) is 8.78 Å². The van der Waals surface area contributed by atoms with Crippen LogP contribution in [0.2, 0.25) is 0 Å². The van der Waals surface area contributed by atoms with Crippen molar-refractivity contribution in [3.63, 3.8) is 0 Å². The molecule has 0 spiro atoms. The first kappa shape index (κ1) is 12.0. The maximum atomic E-state index is 11.7. The molecule has 0 radical (unpaired) electrons. The summed E-state index contributed by atoms with van der Waals surface area (Å²) in [6, 6.07) is 0. The van der Waals surface area contributed by atoms with E-state index in [0.29, 0.717) is 0 Å². The molecule has 0 aliphatic carbocycles. The summed E-state index contributed by atoms with van der Waals surface area (Å²) >= 11 is 0. The van der Waals surface area contributed by atoms with Crippen LogP contribution in [0, 0.1) is 0 Å². The van der Waals surface area contributed by atoms with Gasteiger partial charge in [0, 0.05) is 6.54 Å². The summed E-state index contributed by atoms with van der Waals surface area (Å²) in [5, 5.41) is 0. The van der Waals surface area contributed by atoms with E-state index in [1.54, 1.807) is 0 Å². The smallest absolute Gasteiger partial charge is 0.327 e. The molecule has 15 heavy (non-hydrogen) atoms. The summed E-state index contributed by atoms with van der Waals surface area (Å²) < 4.78 is 32.2. The first-order valence-corrected chi connectivity index (χ1v) is 4.39. The Morgan fingerprint density at radius 2 is 1.93 bits per heavy atom. The van der Waals surface area contributed by atoms with Crippen molar-refractivity contribution in [2.45, 2.75) is 6.43 Å². The lowest BCUT2D eigenvalue weighted by Crippen LogP contribution is -2.44. The Morgan fingerprint density at radius 1 is 1.33 bits per heavy atom. The van der Waals surface area contributed by atoms with Gasteiger partial charge in [-0.05, 0) is 0 Å². The van der Waals surface area contributed by atoms with Gasteiger partial charge in [-0.1, -0.05) is 0 Å². The molecule has 0 unspecified atom stereocenters. The Hall–Kier alpha value is -1.08. The number of carbonyl (C=O) groups excluding carboxylic acids is 2. The number of hydrogen-bond acceptors (Lipinski definition) is 5. The highest BCUT2D eigenvalue weighted by Crippen LogP contribution is 2.00. The number of nitrogens with zero attached hydrogens (tertiary/aromatic N) is 1. The zero-order valence-electron chi connectivity index (χ0n) is 7.95. The van der Waals surface area contributed by atoms with Crippen LogP contribution in [-0.4, -0.2) is 56.1 Å². The number of rotatable bonds is 5. The average molecular weight is 223 g/mol. The van der Waals surface area contributed by atoms with E-state index in [1.807, 2.05) is 0 Å².